The van der Waals surface area contributed by atoms with Gasteiger partial charge >= 0.3 is 0 Å². The third-order valence-corrected chi connectivity index (χ3v) is 4.91. The summed E-state index contributed by atoms with van der Waals surface area (Å²) in [6, 6.07) is 12.7. The molecule has 4 rings (SSSR count). The molecule has 23 heavy (non-hydrogen) atoms. The van der Waals surface area contributed by atoms with Gasteiger partial charge in [-0.1, -0.05) is 12.1 Å². The van der Waals surface area contributed by atoms with Crippen molar-refractivity contribution in [1.82, 2.24) is 10.6 Å². The maximum absolute atomic E-state index is 12.4. The van der Waals surface area contributed by atoms with Crippen LogP contribution in [0.25, 0.3) is 11.3 Å². The minimum Gasteiger partial charge on any atom is -0.451 e. The third-order valence-electron chi connectivity index (χ3n) is 4.91. The average Bonchev–Trinajstić information content (AvgIpc) is 3.31. The van der Waals surface area contributed by atoms with Crippen LogP contribution in [0.2, 0.25) is 0 Å². The molecule has 2 aliphatic heterocycles. The topological polar surface area (TPSA) is 66.3 Å². The van der Waals surface area contributed by atoms with Crippen LogP contribution in [0.1, 0.15) is 29.8 Å². The lowest BCUT2D eigenvalue weighted by molar-refractivity contribution is 0.0903. The quantitative estimate of drug-likeness (QED) is 0.812. The van der Waals surface area contributed by atoms with Gasteiger partial charge < -0.3 is 20.4 Å². The average molecular weight is 311 g/mol. The summed E-state index contributed by atoms with van der Waals surface area (Å²) < 4.78 is 5.79. The molecule has 0 saturated carbocycles. The number of anilines is 1. The van der Waals surface area contributed by atoms with E-state index in [4.69, 9.17) is 4.42 Å². The van der Waals surface area contributed by atoms with E-state index in [-0.39, 0.29) is 11.9 Å². The lowest BCUT2D eigenvalue weighted by Crippen LogP contribution is -2.42. The molecule has 2 aromatic rings. The van der Waals surface area contributed by atoms with E-state index in [1.165, 1.54) is 6.42 Å². The van der Waals surface area contributed by atoms with Crippen molar-refractivity contribution in [3.63, 3.8) is 0 Å². The molecule has 2 aliphatic rings. The lowest BCUT2D eigenvalue weighted by atomic mass is 9.95. The highest BCUT2D eigenvalue weighted by Gasteiger charge is 2.39. The third kappa shape index (κ3) is 2.61. The minimum atomic E-state index is -0.127. The van der Waals surface area contributed by atoms with Crippen LogP contribution in [0.4, 0.5) is 5.69 Å². The van der Waals surface area contributed by atoms with Gasteiger partial charge in [-0.3, -0.25) is 4.79 Å². The SMILES string of the molecule is CNc1ccccc1-c1ccc(C(=O)N[C@@H]2C[C@H]3CC[C@@H]2N3)o1. The summed E-state index contributed by atoms with van der Waals surface area (Å²) in [4.78, 5) is 12.4. The van der Waals surface area contributed by atoms with Crippen LogP contribution in [0.15, 0.2) is 40.8 Å². The Kier molecular flexibility index (Phi) is 3.58. The Morgan fingerprint density at radius 3 is 2.83 bits per heavy atom. The molecule has 2 saturated heterocycles. The van der Waals surface area contributed by atoms with E-state index < -0.39 is 0 Å². The number of hydrogen-bond donors (Lipinski definition) is 3. The Balaban J connectivity index is 1.50. The number of benzene rings is 1. The van der Waals surface area contributed by atoms with E-state index >= 15 is 0 Å². The van der Waals surface area contributed by atoms with Crippen molar-refractivity contribution in [2.45, 2.75) is 37.4 Å². The summed E-state index contributed by atoms with van der Waals surface area (Å²) in [6.07, 6.45) is 3.39. The largest absolute Gasteiger partial charge is 0.451 e. The first-order chi connectivity index (χ1) is 11.2. The highest BCUT2D eigenvalue weighted by molar-refractivity contribution is 5.92. The van der Waals surface area contributed by atoms with E-state index in [9.17, 15) is 4.79 Å². The zero-order valence-electron chi connectivity index (χ0n) is 13.1. The number of amides is 1. The molecule has 5 heteroatoms. The maximum atomic E-state index is 12.4. The molecule has 1 amide bonds. The van der Waals surface area contributed by atoms with Gasteiger partial charge in [0.05, 0.1) is 0 Å². The maximum Gasteiger partial charge on any atom is 0.287 e. The summed E-state index contributed by atoms with van der Waals surface area (Å²) in [5, 5.41) is 9.78. The minimum absolute atomic E-state index is 0.127. The van der Waals surface area contributed by atoms with Crippen molar-refractivity contribution in [3.8, 4) is 11.3 Å². The first kappa shape index (κ1) is 14.3. The molecule has 2 fully saturated rings. The first-order valence-corrected chi connectivity index (χ1v) is 8.18. The highest BCUT2D eigenvalue weighted by atomic mass is 16.3. The molecule has 0 radical (unpaired) electrons. The van der Waals surface area contributed by atoms with Gasteiger partial charge in [-0.15, -0.1) is 0 Å². The van der Waals surface area contributed by atoms with Crippen molar-refractivity contribution in [2.75, 3.05) is 12.4 Å². The molecule has 0 spiro atoms. The molecule has 120 valence electrons. The Labute approximate surface area is 135 Å². The summed E-state index contributed by atoms with van der Waals surface area (Å²) in [7, 11) is 1.87. The van der Waals surface area contributed by atoms with Crippen LogP contribution in [-0.2, 0) is 0 Å². The fourth-order valence-corrected chi connectivity index (χ4v) is 3.74. The zero-order valence-corrected chi connectivity index (χ0v) is 13.1. The normalized spacial score (nSPS) is 25.5. The second-order valence-corrected chi connectivity index (χ2v) is 6.32. The van der Waals surface area contributed by atoms with Crippen LogP contribution in [0.5, 0.6) is 0 Å². The summed E-state index contributed by atoms with van der Waals surface area (Å²) in [5.74, 6) is 0.942. The van der Waals surface area contributed by atoms with Gasteiger partial charge in [-0.05, 0) is 43.5 Å². The number of nitrogens with one attached hydrogen (secondary N) is 3. The molecule has 1 aromatic carbocycles. The van der Waals surface area contributed by atoms with Crippen LogP contribution < -0.4 is 16.0 Å². The number of hydrogen-bond acceptors (Lipinski definition) is 4. The fraction of sp³-hybridized carbons (Fsp3) is 0.389. The van der Waals surface area contributed by atoms with Crippen LogP contribution >= 0.6 is 0 Å². The van der Waals surface area contributed by atoms with E-state index in [1.54, 1.807) is 6.07 Å². The Hall–Kier alpha value is -2.27. The number of rotatable bonds is 4. The monoisotopic (exact) mass is 311 g/mol. The van der Waals surface area contributed by atoms with Crippen molar-refractivity contribution < 1.29 is 9.21 Å². The molecular weight excluding hydrogens is 290 g/mol. The van der Waals surface area contributed by atoms with Crippen LogP contribution in [-0.4, -0.2) is 31.1 Å². The molecule has 5 nitrogen and oxygen atoms in total. The molecule has 2 bridgehead atoms. The number of fused-ring (bicyclic) bond motifs is 2. The molecule has 1 aromatic heterocycles. The smallest absolute Gasteiger partial charge is 0.287 e. The molecule has 3 N–H and O–H groups in total. The zero-order chi connectivity index (χ0) is 15.8. The predicted octanol–water partition coefficient (Wildman–Crippen LogP) is 2.61. The van der Waals surface area contributed by atoms with E-state index in [2.05, 4.69) is 16.0 Å². The molecule has 3 atom stereocenters. The van der Waals surface area contributed by atoms with Crippen molar-refractivity contribution >= 4 is 11.6 Å². The summed E-state index contributed by atoms with van der Waals surface area (Å²) in [5.41, 5.74) is 1.93. The molecule has 3 heterocycles. The Bertz CT molecular complexity index is 725. The lowest BCUT2D eigenvalue weighted by Gasteiger charge is -2.20. The second-order valence-electron chi connectivity index (χ2n) is 6.32. The number of carbonyl (C=O) groups excluding carboxylic acids is 1. The molecule has 0 aliphatic carbocycles. The van der Waals surface area contributed by atoms with Gasteiger partial charge in [0.1, 0.15) is 5.76 Å². The molecular formula is C18H21N3O2. The highest BCUT2D eigenvalue weighted by Crippen LogP contribution is 2.30. The van der Waals surface area contributed by atoms with Crippen LogP contribution in [0.3, 0.4) is 0 Å². The second kappa shape index (κ2) is 5.74. The van der Waals surface area contributed by atoms with E-state index in [0.29, 0.717) is 23.6 Å². The van der Waals surface area contributed by atoms with Crippen molar-refractivity contribution in [3.05, 3.63) is 42.2 Å². The van der Waals surface area contributed by atoms with Gasteiger partial charge in [-0.25, -0.2) is 0 Å². The predicted molar refractivity (Wildman–Crippen MR) is 89.5 cm³/mol. The fourth-order valence-electron chi connectivity index (χ4n) is 3.74. The van der Waals surface area contributed by atoms with Gasteiger partial charge in [0, 0.05) is 36.4 Å². The molecule has 0 unspecified atom stereocenters. The Morgan fingerprint density at radius 1 is 1.22 bits per heavy atom. The van der Waals surface area contributed by atoms with E-state index in [0.717, 1.165) is 24.1 Å². The number of carbonyl (C=O) groups is 1. The number of furan rings is 1. The summed E-state index contributed by atoms with van der Waals surface area (Å²) >= 11 is 0. The Morgan fingerprint density at radius 2 is 2.09 bits per heavy atom. The van der Waals surface area contributed by atoms with Gasteiger partial charge in [0.25, 0.3) is 5.91 Å². The summed E-state index contributed by atoms with van der Waals surface area (Å²) in [6.45, 7) is 0. The van der Waals surface area contributed by atoms with Gasteiger partial charge in [-0.2, -0.15) is 0 Å². The van der Waals surface area contributed by atoms with Gasteiger partial charge in [0.2, 0.25) is 0 Å². The number of para-hydroxylation sites is 1. The van der Waals surface area contributed by atoms with E-state index in [1.807, 2.05) is 37.4 Å². The standard InChI is InChI=1S/C18H21N3O2/c1-19-13-5-3-2-4-12(13)16-8-9-17(23-16)18(22)21-15-10-11-6-7-14(15)20-11/h2-5,8-9,11,14-15,19-20H,6-7,10H2,1H3,(H,21,22)/t11-,14+,15-/m1/s1. The van der Waals surface area contributed by atoms with Crippen molar-refractivity contribution in [1.29, 1.82) is 0 Å². The van der Waals surface area contributed by atoms with Crippen LogP contribution in [0, 0.1) is 0 Å². The first-order valence-electron chi connectivity index (χ1n) is 8.18. The van der Waals surface area contributed by atoms with Crippen molar-refractivity contribution in [2.24, 2.45) is 0 Å². The van der Waals surface area contributed by atoms with Gasteiger partial charge in [0.15, 0.2) is 5.76 Å².